The molecule has 33 heavy (non-hydrogen) atoms. The van der Waals surface area contributed by atoms with Crippen LogP contribution in [-0.2, 0) is 26.5 Å². The maximum atomic E-state index is 13.6. The number of benzene rings is 2. The lowest BCUT2D eigenvalue weighted by Crippen LogP contribution is -2.31. The molecule has 0 atom stereocenters. The summed E-state index contributed by atoms with van der Waals surface area (Å²) in [5.74, 6) is -3.24. The Bertz CT molecular complexity index is 1130. The summed E-state index contributed by atoms with van der Waals surface area (Å²) in [7, 11) is -4.17. The average Bonchev–Trinajstić information content (AvgIpc) is 3.16. The number of hydrogen-bond acceptors (Lipinski definition) is 8. The highest BCUT2D eigenvalue weighted by molar-refractivity contribution is 7.83. The van der Waals surface area contributed by atoms with Gasteiger partial charge in [0, 0.05) is 5.56 Å². The van der Waals surface area contributed by atoms with Crippen LogP contribution in [0.3, 0.4) is 0 Å². The van der Waals surface area contributed by atoms with Crippen LogP contribution < -0.4 is 5.14 Å². The minimum Gasteiger partial charge on any atom is -0.367 e. The van der Waals surface area contributed by atoms with E-state index < -0.39 is 34.5 Å². The van der Waals surface area contributed by atoms with E-state index in [2.05, 4.69) is 15.1 Å². The van der Waals surface area contributed by atoms with Crippen LogP contribution in [-0.4, -0.2) is 42.4 Å². The number of hydrogen-bond donors (Lipinski definition) is 2. The lowest BCUT2D eigenvalue weighted by atomic mass is 9.99. The highest BCUT2D eigenvalue weighted by Gasteiger charge is 2.32. The topological polar surface area (TPSA) is 168 Å². The van der Waals surface area contributed by atoms with E-state index in [0.29, 0.717) is 11.3 Å². The summed E-state index contributed by atoms with van der Waals surface area (Å²) in [5.41, 5.74) is 2.80. The molecular weight excluding hydrogens is 468 g/mol. The van der Waals surface area contributed by atoms with Crippen molar-refractivity contribution in [1.82, 2.24) is 5.16 Å². The summed E-state index contributed by atoms with van der Waals surface area (Å²) < 4.78 is 62.8. The van der Waals surface area contributed by atoms with Gasteiger partial charge in [-0.15, -0.1) is 10.1 Å². The second kappa shape index (κ2) is 11.4. The van der Waals surface area contributed by atoms with Crippen LogP contribution >= 0.6 is 0 Å². The van der Waals surface area contributed by atoms with Crippen LogP contribution in [0.2, 0.25) is 0 Å². The lowest BCUT2D eigenvalue weighted by Gasteiger charge is -2.14. The van der Waals surface area contributed by atoms with E-state index in [0.717, 1.165) is 11.1 Å². The van der Waals surface area contributed by atoms with Gasteiger partial charge < -0.3 is 14.1 Å². The second-order valence-corrected chi connectivity index (χ2v) is 7.45. The van der Waals surface area contributed by atoms with Crippen LogP contribution in [0, 0.1) is 10.1 Å². The maximum Gasteiger partial charge on any atom is 0.330 e. The van der Waals surface area contributed by atoms with E-state index in [1.165, 1.54) is 0 Å². The number of nitrogens with zero attached hydrogens (tertiary/aromatic N) is 2. The molecule has 3 rings (SSSR count). The SMILES string of the molecule is NS(=O)(=O)O.O=[N+]([O-])OCC(F)(F)COCc1onc(-c2ccccc2)c1-c1ccccc1. The fraction of sp³-hybridized carbons (Fsp3) is 0.211. The molecule has 0 spiro atoms. The predicted octanol–water partition coefficient (Wildman–Crippen LogP) is 3.12. The third-order valence-corrected chi connectivity index (χ3v) is 3.80. The molecule has 1 heterocycles. The molecule has 0 aliphatic carbocycles. The van der Waals surface area contributed by atoms with E-state index in [1.807, 2.05) is 60.7 Å². The molecule has 14 heteroatoms. The quantitative estimate of drug-likeness (QED) is 0.262. The van der Waals surface area contributed by atoms with Crippen LogP contribution in [0.1, 0.15) is 5.76 Å². The van der Waals surface area contributed by atoms with Gasteiger partial charge in [0.15, 0.2) is 12.4 Å². The Morgan fingerprint density at radius 1 is 1.06 bits per heavy atom. The maximum absolute atomic E-state index is 13.6. The van der Waals surface area contributed by atoms with Gasteiger partial charge in [-0.3, -0.25) is 4.55 Å². The first-order chi connectivity index (χ1) is 15.5. The van der Waals surface area contributed by atoms with Crippen molar-refractivity contribution >= 4 is 10.3 Å². The standard InChI is InChI=1S/C19H16F2N2O5.H3NO3S/c20-19(21,13-27-23(24)25)12-26-11-16-17(14-7-3-1-4-8-14)18(22-28-16)15-9-5-2-6-10-15;1-5(2,3)4/h1-10H,11-13H2;(H3,1,2,3,4). The summed E-state index contributed by atoms with van der Waals surface area (Å²) in [6.45, 7) is -2.72. The van der Waals surface area contributed by atoms with Crippen LogP contribution in [0.15, 0.2) is 65.2 Å². The molecule has 2 aromatic carbocycles. The Balaban J connectivity index is 0.000000696. The summed E-state index contributed by atoms with van der Waals surface area (Å²) in [6.07, 6.45) is 0. The number of alkyl halides is 2. The molecule has 3 aromatic rings. The Kier molecular flexibility index (Phi) is 8.93. The van der Waals surface area contributed by atoms with Gasteiger partial charge in [0.05, 0.1) is 5.56 Å². The van der Waals surface area contributed by atoms with E-state index in [-0.39, 0.29) is 12.4 Å². The summed E-state index contributed by atoms with van der Waals surface area (Å²) in [5, 5.41) is 16.8. The first-order valence-electron chi connectivity index (χ1n) is 9.04. The van der Waals surface area contributed by atoms with E-state index in [4.69, 9.17) is 22.2 Å². The van der Waals surface area contributed by atoms with E-state index in [9.17, 15) is 18.9 Å². The van der Waals surface area contributed by atoms with Crippen molar-refractivity contribution in [2.24, 2.45) is 5.14 Å². The van der Waals surface area contributed by atoms with E-state index >= 15 is 0 Å². The first kappa shape index (κ1) is 25.8. The second-order valence-electron chi connectivity index (χ2n) is 6.42. The number of aromatic nitrogens is 1. The third-order valence-electron chi connectivity index (χ3n) is 3.80. The Morgan fingerprint density at radius 2 is 1.58 bits per heavy atom. The molecule has 0 fully saturated rings. The zero-order valence-corrected chi connectivity index (χ0v) is 17.7. The zero-order valence-electron chi connectivity index (χ0n) is 16.8. The zero-order chi connectivity index (χ0) is 24.5. The van der Waals surface area contributed by atoms with Gasteiger partial charge in [0.2, 0.25) is 0 Å². The van der Waals surface area contributed by atoms with Gasteiger partial charge in [-0.25, -0.2) is 13.9 Å². The summed E-state index contributed by atoms with van der Waals surface area (Å²) in [6, 6.07) is 18.5. The predicted molar refractivity (Wildman–Crippen MR) is 111 cm³/mol. The minimum absolute atomic E-state index is 0.274. The monoisotopic (exact) mass is 487 g/mol. The molecule has 178 valence electrons. The third kappa shape index (κ3) is 9.28. The molecule has 0 saturated heterocycles. The Labute approximate surface area is 186 Å². The molecule has 0 unspecified atom stereocenters. The highest BCUT2D eigenvalue weighted by Crippen LogP contribution is 2.35. The molecule has 0 saturated carbocycles. The largest absolute Gasteiger partial charge is 0.367 e. The molecule has 0 aliphatic rings. The van der Waals surface area contributed by atoms with Gasteiger partial charge in [-0.1, -0.05) is 65.8 Å². The number of rotatable bonds is 9. The molecule has 0 aliphatic heterocycles. The van der Waals surface area contributed by atoms with Crippen molar-refractivity contribution in [3.05, 3.63) is 76.5 Å². The van der Waals surface area contributed by atoms with Gasteiger partial charge in [0.1, 0.15) is 18.9 Å². The normalized spacial score (nSPS) is 11.4. The Hall–Kier alpha value is -3.46. The lowest BCUT2D eigenvalue weighted by molar-refractivity contribution is -0.761. The van der Waals surface area contributed by atoms with Crippen molar-refractivity contribution in [1.29, 1.82) is 0 Å². The fourth-order valence-electron chi connectivity index (χ4n) is 2.60. The van der Waals surface area contributed by atoms with Crippen LogP contribution in [0.4, 0.5) is 8.78 Å². The highest BCUT2D eigenvalue weighted by atomic mass is 32.2. The minimum atomic E-state index is -4.17. The first-order valence-corrected chi connectivity index (χ1v) is 10.5. The van der Waals surface area contributed by atoms with Crippen molar-refractivity contribution in [2.75, 3.05) is 13.2 Å². The number of nitrogens with two attached hydrogens (primary N) is 1. The average molecular weight is 487 g/mol. The Morgan fingerprint density at radius 3 is 2.09 bits per heavy atom. The fourth-order valence-corrected chi connectivity index (χ4v) is 2.60. The van der Waals surface area contributed by atoms with Crippen molar-refractivity contribution in [3.63, 3.8) is 0 Å². The van der Waals surface area contributed by atoms with E-state index in [1.54, 1.807) is 0 Å². The number of halogens is 2. The van der Waals surface area contributed by atoms with Crippen molar-refractivity contribution in [3.8, 4) is 22.4 Å². The van der Waals surface area contributed by atoms with Gasteiger partial charge in [-0.05, 0) is 5.56 Å². The van der Waals surface area contributed by atoms with Gasteiger partial charge >= 0.3 is 10.3 Å². The van der Waals surface area contributed by atoms with Crippen LogP contribution in [0.5, 0.6) is 0 Å². The number of ether oxygens (including phenoxy) is 1. The van der Waals surface area contributed by atoms with Crippen LogP contribution in [0.25, 0.3) is 22.4 Å². The van der Waals surface area contributed by atoms with Crippen molar-refractivity contribution < 1.29 is 40.9 Å². The molecule has 0 amide bonds. The molecule has 3 N–H and O–H groups in total. The van der Waals surface area contributed by atoms with Gasteiger partial charge in [-0.2, -0.15) is 8.42 Å². The van der Waals surface area contributed by atoms with Gasteiger partial charge in [0.25, 0.3) is 11.0 Å². The summed E-state index contributed by atoms with van der Waals surface area (Å²) >= 11 is 0. The summed E-state index contributed by atoms with van der Waals surface area (Å²) in [4.78, 5) is 13.8. The molecular formula is C19H19F2N3O8S. The van der Waals surface area contributed by atoms with Crippen molar-refractivity contribution in [2.45, 2.75) is 12.5 Å². The smallest absolute Gasteiger partial charge is 0.330 e. The molecule has 11 nitrogen and oxygen atoms in total. The molecule has 0 radical (unpaired) electrons. The molecule has 0 bridgehead atoms. The molecule has 1 aromatic heterocycles.